The second kappa shape index (κ2) is 8.24. The Hall–Kier alpha value is -1.95. The number of carbonyl (C=O) groups is 2. The fourth-order valence-electron chi connectivity index (χ4n) is 3.27. The van der Waals surface area contributed by atoms with Crippen molar-refractivity contribution >= 4 is 11.8 Å². The largest absolute Gasteiger partial charge is 0.394 e. The van der Waals surface area contributed by atoms with Crippen LogP contribution in [0.1, 0.15) is 49.4 Å². The summed E-state index contributed by atoms with van der Waals surface area (Å²) in [6.45, 7) is 1.49. The van der Waals surface area contributed by atoms with Gasteiger partial charge in [-0.15, -0.1) is 0 Å². The van der Waals surface area contributed by atoms with Gasteiger partial charge in [-0.25, -0.2) is 4.39 Å². The Kier molecular flexibility index (Phi) is 6.31. The van der Waals surface area contributed by atoms with Crippen LogP contribution in [0.25, 0.3) is 0 Å². The Labute approximate surface area is 141 Å². The van der Waals surface area contributed by atoms with Gasteiger partial charge in [-0.2, -0.15) is 0 Å². The molecule has 132 valence electrons. The van der Waals surface area contributed by atoms with Gasteiger partial charge in [-0.3, -0.25) is 9.59 Å². The van der Waals surface area contributed by atoms with E-state index >= 15 is 0 Å². The van der Waals surface area contributed by atoms with E-state index in [9.17, 15) is 19.1 Å². The van der Waals surface area contributed by atoms with Gasteiger partial charge in [-0.1, -0.05) is 25.3 Å². The van der Waals surface area contributed by atoms with E-state index in [0.29, 0.717) is 0 Å². The van der Waals surface area contributed by atoms with Crippen molar-refractivity contribution in [3.8, 4) is 0 Å². The van der Waals surface area contributed by atoms with Crippen LogP contribution in [0.3, 0.4) is 0 Å². The van der Waals surface area contributed by atoms with Gasteiger partial charge in [0.1, 0.15) is 5.82 Å². The fourth-order valence-corrected chi connectivity index (χ4v) is 3.27. The summed E-state index contributed by atoms with van der Waals surface area (Å²) in [5.74, 6) is -1.13. The molecular formula is C18H25FN2O3. The average molecular weight is 336 g/mol. The first-order chi connectivity index (χ1) is 11.4. The first-order valence-electron chi connectivity index (χ1n) is 8.40. The number of carbonyl (C=O) groups excluding carboxylic acids is 2. The third-order valence-corrected chi connectivity index (χ3v) is 4.76. The van der Waals surface area contributed by atoms with Crippen molar-refractivity contribution in [1.82, 2.24) is 10.6 Å². The molecule has 1 atom stereocenters. The number of hydrogen-bond donors (Lipinski definition) is 3. The summed E-state index contributed by atoms with van der Waals surface area (Å²) in [7, 11) is 0. The number of amides is 2. The highest BCUT2D eigenvalue weighted by molar-refractivity contribution is 5.96. The minimum Gasteiger partial charge on any atom is -0.394 e. The minimum atomic E-state index is -0.679. The summed E-state index contributed by atoms with van der Waals surface area (Å²) in [6, 6.07) is 5.29. The molecule has 1 aromatic rings. The fraction of sp³-hybridized carbons (Fsp3) is 0.556. The number of aliphatic hydroxyl groups excluding tert-OH is 1. The summed E-state index contributed by atoms with van der Waals surface area (Å²) in [5.41, 5.74) is -0.513. The number of halogens is 1. The molecule has 1 aliphatic carbocycles. The molecule has 0 heterocycles. The van der Waals surface area contributed by atoms with Gasteiger partial charge in [0, 0.05) is 5.56 Å². The Morgan fingerprint density at radius 3 is 2.62 bits per heavy atom. The van der Waals surface area contributed by atoms with Gasteiger partial charge in [0.05, 0.1) is 18.7 Å². The van der Waals surface area contributed by atoms with Crippen molar-refractivity contribution in [1.29, 1.82) is 0 Å². The Balaban J connectivity index is 1.88. The maximum atomic E-state index is 13.1. The molecule has 2 rings (SSSR count). The summed E-state index contributed by atoms with van der Waals surface area (Å²) in [6.07, 6.45) is 5.36. The zero-order valence-electron chi connectivity index (χ0n) is 14.0. The van der Waals surface area contributed by atoms with E-state index in [2.05, 4.69) is 10.6 Å². The molecule has 6 heteroatoms. The molecule has 0 radical (unpaired) electrons. The number of hydrogen-bond acceptors (Lipinski definition) is 3. The van der Waals surface area contributed by atoms with Crippen LogP contribution in [-0.4, -0.2) is 35.6 Å². The van der Waals surface area contributed by atoms with Crippen LogP contribution < -0.4 is 10.6 Å². The maximum Gasteiger partial charge on any atom is 0.251 e. The van der Waals surface area contributed by atoms with Crippen LogP contribution in [-0.2, 0) is 4.79 Å². The molecule has 1 fully saturated rings. The van der Waals surface area contributed by atoms with Crippen molar-refractivity contribution in [2.24, 2.45) is 5.92 Å². The van der Waals surface area contributed by atoms with E-state index in [1.165, 1.54) is 24.6 Å². The predicted molar refractivity (Wildman–Crippen MR) is 88.9 cm³/mol. The van der Waals surface area contributed by atoms with Gasteiger partial charge in [-0.05, 0) is 43.9 Å². The van der Waals surface area contributed by atoms with Crippen molar-refractivity contribution in [3.63, 3.8) is 0 Å². The van der Waals surface area contributed by atoms with Crippen molar-refractivity contribution in [2.75, 3.05) is 13.2 Å². The van der Waals surface area contributed by atoms with Gasteiger partial charge in [0.15, 0.2) is 0 Å². The summed E-state index contributed by atoms with van der Waals surface area (Å²) >= 11 is 0. The van der Waals surface area contributed by atoms with Crippen LogP contribution >= 0.6 is 0 Å². The molecule has 1 aromatic carbocycles. The Morgan fingerprint density at radius 2 is 2.00 bits per heavy atom. The highest BCUT2D eigenvalue weighted by atomic mass is 19.1. The van der Waals surface area contributed by atoms with Crippen molar-refractivity contribution in [2.45, 2.75) is 44.6 Å². The van der Waals surface area contributed by atoms with Crippen LogP contribution in [0.4, 0.5) is 4.39 Å². The lowest BCUT2D eigenvalue weighted by molar-refractivity contribution is -0.123. The molecule has 5 nitrogen and oxygen atoms in total. The quantitative estimate of drug-likeness (QED) is 0.743. The van der Waals surface area contributed by atoms with Crippen molar-refractivity contribution in [3.05, 3.63) is 35.6 Å². The number of benzene rings is 1. The zero-order valence-corrected chi connectivity index (χ0v) is 14.0. The lowest BCUT2D eigenvalue weighted by Crippen LogP contribution is -2.56. The molecule has 3 N–H and O–H groups in total. The second-order valence-electron chi connectivity index (χ2n) is 6.65. The van der Waals surface area contributed by atoms with Crippen molar-refractivity contribution < 1.29 is 19.1 Å². The number of rotatable bonds is 6. The molecule has 0 saturated heterocycles. The van der Waals surface area contributed by atoms with Gasteiger partial charge in [0.25, 0.3) is 5.91 Å². The summed E-state index contributed by atoms with van der Waals surface area (Å²) in [4.78, 5) is 24.1. The molecule has 2 amide bonds. The van der Waals surface area contributed by atoms with Crippen LogP contribution in [0.5, 0.6) is 0 Å². The molecule has 0 aromatic heterocycles. The van der Waals surface area contributed by atoms with Gasteiger partial charge in [0.2, 0.25) is 5.91 Å². The van der Waals surface area contributed by atoms with Crippen LogP contribution in [0, 0.1) is 11.7 Å². The summed E-state index contributed by atoms with van der Waals surface area (Å²) in [5, 5.41) is 15.1. The molecule has 24 heavy (non-hydrogen) atoms. The highest BCUT2D eigenvalue weighted by Gasteiger charge is 2.35. The van der Waals surface area contributed by atoms with E-state index in [1.807, 2.05) is 6.92 Å². The number of nitrogens with one attached hydrogen (secondary N) is 2. The van der Waals surface area contributed by atoms with Gasteiger partial charge < -0.3 is 15.7 Å². The molecule has 0 spiro atoms. The Morgan fingerprint density at radius 1 is 1.29 bits per heavy atom. The molecular weight excluding hydrogens is 311 g/mol. The zero-order chi connectivity index (χ0) is 17.6. The van der Waals surface area contributed by atoms with E-state index in [1.54, 1.807) is 0 Å². The predicted octanol–water partition coefficient (Wildman–Crippen LogP) is 2.00. The van der Waals surface area contributed by atoms with E-state index in [-0.39, 0.29) is 30.5 Å². The lowest BCUT2D eigenvalue weighted by Gasteiger charge is -2.39. The van der Waals surface area contributed by atoms with Crippen LogP contribution in [0.2, 0.25) is 0 Å². The first-order valence-corrected chi connectivity index (χ1v) is 8.40. The van der Waals surface area contributed by atoms with Crippen LogP contribution in [0.15, 0.2) is 24.3 Å². The summed E-state index contributed by atoms with van der Waals surface area (Å²) < 4.78 is 13.1. The SMILES string of the molecule is CC(CO)(NC(=O)CNC(=O)c1cccc(F)c1)C1CCCCC1. The molecule has 0 aliphatic heterocycles. The minimum absolute atomic E-state index is 0.138. The molecule has 1 saturated carbocycles. The molecule has 1 unspecified atom stereocenters. The average Bonchev–Trinajstić information content (AvgIpc) is 2.60. The third kappa shape index (κ3) is 4.77. The van der Waals surface area contributed by atoms with Gasteiger partial charge >= 0.3 is 0 Å². The smallest absolute Gasteiger partial charge is 0.251 e. The first kappa shape index (κ1) is 18.4. The third-order valence-electron chi connectivity index (χ3n) is 4.76. The second-order valence-corrected chi connectivity index (χ2v) is 6.65. The lowest BCUT2D eigenvalue weighted by atomic mass is 9.76. The van der Waals surface area contributed by atoms with E-state index in [4.69, 9.17) is 0 Å². The monoisotopic (exact) mass is 336 g/mol. The topological polar surface area (TPSA) is 78.4 Å². The molecule has 0 bridgehead atoms. The number of aliphatic hydroxyl groups is 1. The standard InChI is InChI=1S/C18H25FN2O3/c1-18(12-22,14-7-3-2-4-8-14)21-16(23)11-20-17(24)13-6-5-9-15(19)10-13/h5-6,9-10,14,22H,2-4,7-8,11-12H2,1H3,(H,20,24)(H,21,23). The van der Waals surface area contributed by atoms with E-state index < -0.39 is 17.3 Å². The normalized spacial score (nSPS) is 17.8. The van der Waals surface area contributed by atoms with E-state index in [0.717, 1.165) is 31.7 Å². The highest BCUT2D eigenvalue weighted by Crippen LogP contribution is 2.32. The maximum absolute atomic E-state index is 13.1. The molecule has 1 aliphatic rings. The Bertz CT molecular complexity index is 587.